The van der Waals surface area contributed by atoms with Crippen LogP contribution in [-0.2, 0) is 6.54 Å². The van der Waals surface area contributed by atoms with E-state index in [1.807, 2.05) is 26.2 Å². The second-order valence-electron chi connectivity index (χ2n) is 5.91. The van der Waals surface area contributed by atoms with E-state index >= 15 is 0 Å². The van der Waals surface area contributed by atoms with Crippen molar-refractivity contribution < 1.29 is 0 Å². The quantitative estimate of drug-likeness (QED) is 0.886. The van der Waals surface area contributed by atoms with Crippen molar-refractivity contribution in [2.75, 3.05) is 25.5 Å². The van der Waals surface area contributed by atoms with E-state index in [9.17, 15) is 5.26 Å². The highest BCUT2D eigenvalue weighted by Crippen LogP contribution is 2.24. The molecule has 1 N–H and O–H groups in total. The highest BCUT2D eigenvalue weighted by molar-refractivity contribution is 5.60. The van der Waals surface area contributed by atoms with Crippen LogP contribution >= 0.6 is 0 Å². The lowest BCUT2D eigenvalue weighted by atomic mass is 9.95. The summed E-state index contributed by atoms with van der Waals surface area (Å²) in [6.07, 6.45) is 0. The second kappa shape index (κ2) is 5.88. The molecule has 0 spiro atoms. The predicted octanol–water partition coefficient (Wildman–Crippen LogP) is 2.76. The zero-order valence-corrected chi connectivity index (χ0v) is 12.0. The van der Waals surface area contributed by atoms with Crippen molar-refractivity contribution in [3.05, 3.63) is 29.3 Å². The van der Waals surface area contributed by atoms with Crippen molar-refractivity contribution in [3.8, 4) is 6.07 Å². The Morgan fingerprint density at radius 2 is 2.00 bits per heavy atom. The van der Waals surface area contributed by atoms with Gasteiger partial charge in [0.25, 0.3) is 0 Å². The minimum Gasteiger partial charge on any atom is -0.373 e. The summed E-state index contributed by atoms with van der Waals surface area (Å²) in [5, 5.41) is 12.4. The summed E-state index contributed by atoms with van der Waals surface area (Å²) in [6.45, 7) is 8.31. The topological polar surface area (TPSA) is 39.1 Å². The van der Waals surface area contributed by atoms with Gasteiger partial charge in [0.05, 0.1) is 11.3 Å². The molecule has 1 aromatic carbocycles. The number of benzene rings is 1. The Kier molecular flexibility index (Phi) is 4.75. The van der Waals surface area contributed by atoms with Crippen LogP contribution in [0.1, 0.15) is 31.9 Å². The van der Waals surface area contributed by atoms with Crippen LogP contribution in [0.4, 0.5) is 5.69 Å². The highest BCUT2D eigenvalue weighted by Gasteiger charge is 2.16. The fourth-order valence-electron chi connectivity index (χ4n) is 2.12. The molecule has 1 aromatic rings. The van der Waals surface area contributed by atoms with Gasteiger partial charge < -0.3 is 10.2 Å². The third kappa shape index (κ3) is 4.05. The van der Waals surface area contributed by atoms with E-state index < -0.39 is 0 Å². The van der Waals surface area contributed by atoms with Crippen molar-refractivity contribution in [2.45, 2.75) is 27.3 Å². The number of rotatable bonds is 4. The van der Waals surface area contributed by atoms with Gasteiger partial charge in [-0.2, -0.15) is 5.26 Å². The number of nitriles is 1. The van der Waals surface area contributed by atoms with Gasteiger partial charge in [-0.3, -0.25) is 0 Å². The first-order valence-electron chi connectivity index (χ1n) is 6.26. The summed E-state index contributed by atoms with van der Waals surface area (Å²) in [7, 11) is 3.95. The molecular formula is C15H23N3. The second-order valence-corrected chi connectivity index (χ2v) is 5.91. The number of hydrogen-bond acceptors (Lipinski definition) is 3. The van der Waals surface area contributed by atoms with Crippen molar-refractivity contribution in [1.82, 2.24) is 5.32 Å². The summed E-state index contributed by atoms with van der Waals surface area (Å²) < 4.78 is 0. The summed E-state index contributed by atoms with van der Waals surface area (Å²) in [5.41, 5.74) is 3.11. The summed E-state index contributed by atoms with van der Waals surface area (Å²) in [6, 6.07) is 8.37. The molecule has 0 amide bonds. The Morgan fingerprint density at radius 1 is 1.33 bits per heavy atom. The fourth-order valence-corrected chi connectivity index (χ4v) is 2.12. The minimum atomic E-state index is 0.213. The van der Waals surface area contributed by atoms with Crippen LogP contribution in [0, 0.1) is 16.7 Å². The third-order valence-electron chi connectivity index (χ3n) is 2.69. The van der Waals surface area contributed by atoms with Gasteiger partial charge in [-0.25, -0.2) is 0 Å². The van der Waals surface area contributed by atoms with Crippen LogP contribution in [0.2, 0.25) is 0 Å². The van der Waals surface area contributed by atoms with E-state index in [0.29, 0.717) is 0 Å². The van der Waals surface area contributed by atoms with Crippen LogP contribution in [-0.4, -0.2) is 20.6 Å². The average molecular weight is 245 g/mol. The summed E-state index contributed by atoms with van der Waals surface area (Å²) in [4.78, 5) is 2.15. The Labute approximate surface area is 110 Å². The monoisotopic (exact) mass is 245 g/mol. The average Bonchev–Trinajstić information content (AvgIpc) is 2.27. The van der Waals surface area contributed by atoms with Gasteiger partial charge in [0.1, 0.15) is 6.07 Å². The molecule has 0 aliphatic rings. The van der Waals surface area contributed by atoms with E-state index in [0.717, 1.165) is 29.9 Å². The van der Waals surface area contributed by atoms with Crippen LogP contribution in [0.5, 0.6) is 0 Å². The first-order valence-corrected chi connectivity index (χ1v) is 6.26. The standard InChI is InChI=1S/C15H23N3/c1-15(2,3)11-18(5)14-7-6-12(10-17-4)8-13(14)9-16/h6-8,17H,10-11H2,1-5H3. The van der Waals surface area contributed by atoms with Crippen molar-refractivity contribution in [2.24, 2.45) is 5.41 Å². The molecule has 0 unspecified atom stereocenters. The smallest absolute Gasteiger partial charge is 0.101 e. The van der Waals surface area contributed by atoms with Gasteiger partial charge in [-0.05, 0) is 30.2 Å². The maximum atomic E-state index is 9.26. The first kappa shape index (κ1) is 14.5. The van der Waals surface area contributed by atoms with Gasteiger partial charge in [-0.1, -0.05) is 26.8 Å². The number of hydrogen-bond donors (Lipinski definition) is 1. The molecule has 3 nitrogen and oxygen atoms in total. The maximum Gasteiger partial charge on any atom is 0.101 e. The Morgan fingerprint density at radius 3 is 2.50 bits per heavy atom. The molecule has 0 aliphatic carbocycles. The number of nitrogens with one attached hydrogen (secondary N) is 1. The van der Waals surface area contributed by atoms with E-state index in [-0.39, 0.29) is 5.41 Å². The third-order valence-corrected chi connectivity index (χ3v) is 2.69. The van der Waals surface area contributed by atoms with E-state index in [1.165, 1.54) is 0 Å². The molecule has 0 fully saturated rings. The molecule has 18 heavy (non-hydrogen) atoms. The highest BCUT2D eigenvalue weighted by atomic mass is 15.1. The zero-order valence-electron chi connectivity index (χ0n) is 12.0. The van der Waals surface area contributed by atoms with Gasteiger partial charge in [0.15, 0.2) is 0 Å². The SMILES string of the molecule is CNCc1ccc(N(C)CC(C)(C)C)c(C#N)c1. The summed E-state index contributed by atoms with van der Waals surface area (Å²) >= 11 is 0. The maximum absolute atomic E-state index is 9.26. The van der Waals surface area contributed by atoms with Gasteiger partial charge in [0, 0.05) is 20.1 Å². The van der Waals surface area contributed by atoms with Gasteiger partial charge >= 0.3 is 0 Å². The van der Waals surface area contributed by atoms with Crippen molar-refractivity contribution >= 4 is 5.69 Å². The number of anilines is 1. The first-order chi connectivity index (χ1) is 8.37. The molecule has 0 saturated carbocycles. The molecule has 0 radical (unpaired) electrons. The van der Waals surface area contributed by atoms with E-state index in [2.05, 4.69) is 43.1 Å². The van der Waals surface area contributed by atoms with Crippen LogP contribution < -0.4 is 10.2 Å². The molecule has 0 saturated heterocycles. The zero-order chi connectivity index (χ0) is 13.8. The molecule has 1 rings (SSSR count). The largest absolute Gasteiger partial charge is 0.373 e. The van der Waals surface area contributed by atoms with Gasteiger partial charge in [0.2, 0.25) is 0 Å². The van der Waals surface area contributed by atoms with Crippen LogP contribution in [0.25, 0.3) is 0 Å². The Balaban J connectivity index is 2.99. The molecule has 0 aliphatic heterocycles. The Bertz CT molecular complexity index is 438. The lowest BCUT2D eigenvalue weighted by Gasteiger charge is -2.29. The molecule has 0 bridgehead atoms. The molecule has 0 atom stereocenters. The van der Waals surface area contributed by atoms with Crippen LogP contribution in [0.3, 0.4) is 0 Å². The summed E-state index contributed by atoms with van der Waals surface area (Å²) in [5.74, 6) is 0. The normalized spacial score (nSPS) is 11.1. The lowest BCUT2D eigenvalue weighted by molar-refractivity contribution is 0.419. The molecular weight excluding hydrogens is 222 g/mol. The van der Waals surface area contributed by atoms with Crippen LogP contribution in [0.15, 0.2) is 18.2 Å². The lowest BCUT2D eigenvalue weighted by Crippen LogP contribution is -2.29. The molecule has 3 heteroatoms. The van der Waals surface area contributed by atoms with Crippen molar-refractivity contribution in [3.63, 3.8) is 0 Å². The van der Waals surface area contributed by atoms with E-state index in [1.54, 1.807) is 0 Å². The molecule has 0 heterocycles. The van der Waals surface area contributed by atoms with Crippen molar-refractivity contribution in [1.29, 1.82) is 5.26 Å². The Hall–Kier alpha value is -1.53. The predicted molar refractivity (Wildman–Crippen MR) is 76.6 cm³/mol. The van der Waals surface area contributed by atoms with Gasteiger partial charge in [-0.15, -0.1) is 0 Å². The molecule has 98 valence electrons. The minimum absolute atomic E-state index is 0.213. The fraction of sp³-hybridized carbons (Fsp3) is 0.533. The number of nitrogens with zero attached hydrogens (tertiary/aromatic N) is 2. The molecule has 0 aromatic heterocycles. The van der Waals surface area contributed by atoms with E-state index in [4.69, 9.17) is 0 Å².